The van der Waals surface area contributed by atoms with E-state index in [1.165, 1.54) is 5.39 Å². The average molecular weight is 478 g/mol. The lowest BCUT2D eigenvalue weighted by atomic mass is 9.86. The predicted octanol–water partition coefficient (Wildman–Crippen LogP) is 4.31. The number of hydrogen-bond donors (Lipinski definition) is 1. The summed E-state index contributed by atoms with van der Waals surface area (Å²) < 4.78 is 6.72. The fourth-order valence-electron chi connectivity index (χ4n) is 4.94. The maximum Gasteiger partial charge on any atom is 0.343 e. The van der Waals surface area contributed by atoms with Gasteiger partial charge >= 0.3 is 5.97 Å². The van der Waals surface area contributed by atoms with E-state index in [0.717, 1.165) is 27.7 Å². The monoisotopic (exact) mass is 477 g/mol. The van der Waals surface area contributed by atoms with Crippen LogP contribution < -0.4 is 5.56 Å². The lowest BCUT2D eigenvalue weighted by Crippen LogP contribution is -2.44. The van der Waals surface area contributed by atoms with Crippen LogP contribution in [0.15, 0.2) is 83.8 Å². The minimum Gasteiger partial charge on any atom is -0.458 e. The van der Waals surface area contributed by atoms with Crippen LogP contribution in [0.1, 0.15) is 30.0 Å². The Morgan fingerprint density at radius 1 is 0.972 bits per heavy atom. The first-order valence-corrected chi connectivity index (χ1v) is 11.8. The normalized spacial score (nSPS) is 17.6. The van der Waals surface area contributed by atoms with E-state index < -0.39 is 11.6 Å². The SMILES string of the molecule is CC[C@@]1(O)C(=O)OCc2c1cc1n(c2=O)Cc2cc3ccccc3nc2-1.c1ccc2ncccc2c1. The Bertz CT molecular complexity index is 1660. The van der Waals surface area contributed by atoms with Gasteiger partial charge in [0.15, 0.2) is 5.60 Å². The minimum absolute atomic E-state index is 0.110. The van der Waals surface area contributed by atoms with Crippen LogP contribution in [0, 0.1) is 0 Å². The Morgan fingerprint density at radius 2 is 1.69 bits per heavy atom. The van der Waals surface area contributed by atoms with Gasteiger partial charge in [-0.15, -0.1) is 0 Å². The number of carbonyl (C=O) groups excluding carboxylic acids is 1. The number of pyridine rings is 3. The van der Waals surface area contributed by atoms with Crippen molar-refractivity contribution in [1.29, 1.82) is 0 Å². The van der Waals surface area contributed by atoms with Crippen molar-refractivity contribution in [2.45, 2.75) is 32.1 Å². The summed E-state index contributed by atoms with van der Waals surface area (Å²) in [5.41, 5.74) is 2.87. The Morgan fingerprint density at radius 3 is 2.47 bits per heavy atom. The van der Waals surface area contributed by atoms with Crippen LogP contribution >= 0.6 is 0 Å². The number of ether oxygens (including phenoxy) is 1. The number of aliphatic hydroxyl groups is 1. The van der Waals surface area contributed by atoms with Crippen LogP contribution in [0.4, 0.5) is 0 Å². The molecule has 3 aromatic heterocycles. The highest BCUT2D eigenvalue weighted by atomic mass is 16.6. The van der Waals surface area contributed by atoms with Gasteiger partial charge in [-0.25, -0.2) is 9.78 Å². The van der Waals surface area contributed by atoms with Crippen molar-refractivity contribution in [3.8, 4) is 11.4 Å². The maximum absolute atomic E-state index is 13.0. The largest absolute Gasteiger partial charge is 0.458 e. The van der Waals surface area contributed by atoms with Crippen molar-refractivity contribution >= 4 is 27.8 Å². The number of hydrogen-bond acceptors (Lipinski definition) is 6. The summed E-state index contributed by atoms with van der Waals surface area (Å²) in [6.45, 7) is 2.01. The zero-order chi connectivity index (χ0) is 24.9. The van der Waals surface area contributed by atoms with E-state index in [1.54, 1.807) is 17.6 Å². The Kier molecular flexibility index (Phi) is 5.16. The highest BCUT2D eigenvalue weighted by Crippen LogP contribution is 2.38. The number of esters is 1. The molecule has 0 amide bonds. The number of benzene rings is 2. The minimum atomic E-state index is -1.79. The summed E-state index contributed by atoms with van der Waals surface area (Å²) in [7, 11) is 0. The van der Waals surface area contributed by atoms with Gasteiger partial charge in [0.1, 0.15) is 6.61 Å². The molecule has 7 rings (SSSR count). The van der Waals surface area contributed by atoms with Crippen molar-refractivity contribution in [1.82, 2.24) is 14.5 Å². The van der Waals surface area contributed by atoms with E-state index in [-0.39, 0.29) is 18.6 Å². The Labute approximate surface area is 206 Å². The number of carbonyl (C=O) groups is 1. The van der Waals surface area contributed by atoms with Crippen molar-refractivity contribution in [3.05, 3.63) is 106 Å². The van der Waals surface area contributed by atoms with E-state index in [9.17, 15) is 14.7 Å². The lowest BCUT2D eigenvalue weighted by molar-refractivity contribution is -0.172. The second kappa shape index (κ2) is 8.39. The zero-order valence-electron chi connectivity index (χ0n) is 19.6. The second-order valence-corrected chi connectivity index (χ2v) is 8.99. The van der Waals surface area contributed by atoms with Crippen LogP contribution in [-0.2, 0) is 28.3 Å². The summed E-state index contributed by atoms with van der Waals surface area (Å²) in [6, 6.07) is 23.6. The van der Waals surface area contributed by atoms with Crippen molar-refractivity contribution in [3.63, 3.8) is 0 Å². The predicted molar refractivity (Wildman–Crippen MR) is 136 cm³/mol. The first kappa shape index (κ1) is 22.1. The summed E-state index contributed by atoms with van der Waals surface area (Å²) in [4.78, 5) is 34.1. The van der Waals surface area contributed by atoms with E-state index >= 15 is 0 Å². The number of fused-ring (bicyclic) bond motifs is 6. The van der Waals surface area contributed by atoms with Crippen LogP contribution in [0.3, 0.4) is 0 Å². The molecule has 7 nitrogen and oxygen atoms in total. The van der Waals surface area contributed by atoms with Gasteiger partial charge in [0.05, 0.1) is 34.5 Å². The summed E-state index contributed by atoms with van der Waals surface area (Å²) in [6.07, 6.45) is 1.95. The molecule has 36 heavy (non-hydrogen) atoms. The zero-order valence-corrected chi connectivity index (χ0v) is 19.6. The third-order valence-electron chi connectivity index (χ3n) is 6.93. The topological polar surface area (TPSA) is 94.3 Å². The molecule has 2 aromatic carbocycles. The molecular weight excluding hydrogens is 454 g/mol. The van der Waals surface area contributed by atoms with Gasteiger partial charge < -0.3 is 14.4 Å². The van der Waals surface area contributed by atoms with Crippen molar-refractivity contribution in [2.75, 3.05) is 0 Å². The van der Waals surface area contributed by atoms with Gasteiger partial charge in [-0.05, 0) is 36.8 Å². The molecule has 1 N–H and O–H groups in total. The average Bonchev–Trinajstić information content (AvgIpc) is 3.28. The molecule has 0 saturated carbocycles. The third kappa shape index (κ3) is 3.39. The molecule has 0 unspecified atom stereocenters. The van der Waals surface area contributed by atoms with Gasteiger partial charge in [-0.2, -0.15) is 0 Å². The molecule has 2 aliphatic rings. The Balaban J connectivity index is 0.000000200. The number of nitrogens with zero attached hydrogens (tertiary/aromatic N) is 3. The number of para-hydroxylation sites is 2. The molecule has 0 fully saturated rings. The van der Waals surface area contributed by atoms with Gasteiger partial charge in [0.25, 0.3) is 5.56 Å². The van der Waals surface area contributed by atoms with Gasteiger partial charge in [-0.3, -0.25) is 9.78 Å². The fourth-order valence-corrected chi connectivity index (χ4v) is 4.94. The highest BCUT2D eigenvalue weighted by molar-refractivity contribution is 5.86. The van der Waals surface area contributed by atoms with Crippen LogP contribution in [-0.4, -0.2) is 25.6 Å². The van der Waals surface area contributed by atoms with E-state index in [2.05, 4.69) is 17.1 Å². The highest BCUT2D eigenvalue weighted by Gasteiger charge is 2.45. The molecule has 0 bridgehead atoms. The lowest BCUT2D eigenvalue weighted by Gasteiger charge is -2.31. The van der Waals surface area contributed by atoms with Crippen LogP contribution in [0.2, 0.25) is 0 Å². The quantitative estimate of drug-likeness (QED) is 0.355. The maximum atomic E-state index is 13.0. The smallest absolute Gasteiger partial charge is 0.343 e. The molecule has 0 radical (unpaired) electrons. The molecule has 5 aromatic rings. The van der Waals surface area contributed by atoms with E-state index in [0.29, 0.717) is 23.4 Å². The van der Waals surface area contributed by atoms with Crippen molar-refractivity contribution < 1.29 is 14.6 Å². The van der Waals surface area contributed by atoms with Crippen LogP contribution in [0.25, 0.3) is 33.2 Å². The summed E-state index contributed by atoms with van der Waals surface area (Å²) in [5.74, 6) is -0.707. The fraction of sp³-hybridized carbons (Fsp3) is 0.172. The second-order valence-electron chi connectivity index (χ2n) is 8.99. The van der Waals surface area contributed by atoms with Gasteiger partial charge in [0.2, 0.25) is 0 Å². The first-order valence-electron chi connectivity index (χ1n) is 11.8. The number of aromatic nitrogens is 3. The van der Waals surface area contributed by atoms with Gasteiger partial charge in [0, 0.05) is 28.1 Å². The Hall–Kier alpha value is -4.36. The number of rotatable bonds is 1. The molecule has 0 saturated heterocycles. The molecule has 1 atom stereocenters. The molecular formula is C29H23N3O4. The standard InChI is InChI=1S/C20H16N2O4.C9H7N/c1-2-20(25)14-8-16-17-12(7-11-5-3-4-6-15(11)21-17)9-22(16)18(23)13(14)10-26-19(20)24;1-2-6-9-8(4-1)5-3-7-10-9/h3-8,25H,2,9-10H2,1H3;1-7H/t20-;/m0./s1. The third-order valence-corrected chi connectivity index (χ3v) is 6.93. The molecule has 0 spiro atoms. The molecule has 2 aliphatic heterocycles. The van der Waals surface area contributed by atoms with E-state index in [1.807, 2.05) is 60.8 Å². The van der Waals surface area contributed by atoms with Gasteiger partial charge in [-0.1, -0.05) is 49.4 Å². The first-order chi connectivity index (χ1) is 17.5. The van der Waals surface area contributed by atoms with Crippen molar-refractivity contribution in [2.24, 2.45) is 0 Å². The van der Waals surface area contributed by atoms with Crippen LogP contribution in [0.5, 0.6) is 0 Å². The molecule has 5 heterocycles. The van der Waals surface area contributed by atoms with E-state index in [4.69, 9.17) is 9.72 Å². The molecule has 7 heteroatoms. The molecule has 178 valence electrons. The molecule has 0 aliphatic carbocycles. The summed E-state index contributed by atoms with van der Waals surface area (Å²) in [5, 5.41) is 13.0. The number of cyclic esters (lactones) is 1. The summed E-state index contributed by atoms with van der Waals surface area (Å²) >= 11 is 0.